The summed E-state index contributed by atoms with van der Waals surface area (Å²) in [5.74, 6) is 0.174. The second kappa shape index (κ2) is 5.66. The van der Waals surface area contributed by atoms with Crippen molar-refractivity contribution < 1.29 is 4.79 Å². The molecule has 1 unspecified atom stereocenters. The van der Waals surface area contributed by atoms with Gasteiger partial charge in [-0.2, -0.15) is 0 Å². The molecular formula is C13H19NO. The van der Waals surface area contributed by atoms with Crippen LogP contribution in [-0.2, 0) is 0 Å². The van der Waals surface area contributed by atoms with Gasteiger partial charge in [0.2, 0.25) is 0 Å². The predicted octanol–water partition coefficient (Wildman–Crippen LogP) is 2.57. The van der Waals surface area contributed by atoms with Crippen LogP contribution >= 0.6 is 0 Å². The van der Waals surface area contributed by atoms with Crippen LogP contribution in [0.1, 0.15) is 36.2 Å². The van der Waals surface area contributed by atoms with Crippen molar-refractivity contribution in [1.82, 2.24) is 5.32 Å². The molecule has 2 nitrogen and oxygen atoms in total. The van der Waals surface area contributed by atoms with Gasteiger partial charge in [-0.1, -0.05) is 31.2 Å². The van der Waals surface area contributed by atoms with Gasteiger partial charge in [0, 0.05) is 11.6 Å². The van der Waals surface area contributed by atoms with Crippen LogP contribution in [0, 0.1) is 6.92 Å². The molecule has 0 radical (unpaired) electrons. The molecule has 82 valence electrons. The zero-order valence-corrected chi connectivity index (χ0v) is 9.71. The molecule has 0 saturated heterocycles. The maximum atomic E-state index is 11.8. The van der Waals surface area contributed by atoms with Crippen LogP contribution in [0.5, 0.6) is 0 Å². The van der Waals surface area contributed by atoms with Gasteiger partial charge in [0.05, 0.1) is 6.54 Å². The highest BCUT2D eigenvalue weighted by Crippen LogP contribution is 2.07. The molecule has 1 atom stereocenters. The van der Waals surface area contributed by atoms with E-state index in [1.54, 1.807) is 0 Å². The summed E-state index contributed by atoms with van der Waals surface area (Å²) in [5, 5.41) is 3.21. The minimum atomic E-state index is 0.174. The summed E-state index contributed by atoms with van der Waals surface area (Å²) in [4.78, 5) is 11.8. The fourth-order valence-electron chi connectivity index (χ4n) is 1.39. The van der Waals surface area contributed by atoms with Crippen molar-refractivity contribution in [3.8, 4) is 0 Å². The highest BCUT2D eigenvalue weighted by atomic mass is 16.1. The molecule has 2 heteroatoms. The fraction of sp³-hybridized carbons (Fsp3) is 0.462. The van der Waals surface area contributed by atoms with Crippen LogP contribution in [-0.4, -0.2) is 18.4 Å². The van der Waals surface area contributed by atoms with E-state index >= 15 is 0 Å². The SMILES string of the molecule is CCC(C)NCC(=O)c1ccccc1C. The molecule has 0 aromatic heterocycles. The van der Waals surface area contributed by atoms with E-state index in [0.29, 0.717) is 12.6 Å². The van der Waals surface area contributed by atoms with Crippen LogP contribution in [0.25, 0.3) is 0 Å². The second-order valence-electron chi connectivity index (χ2n) is 3.93. The number of ketones is 1. The Morgan fingerprint density at radius 1 is 1.40 bits per heavy atom. The fourth-order valence-corrected chi connectivity index (χ4v) is 1.39. The van der Waals surface area contributed by atoms with Gasteiger partial charge in [-0.3, -0.25) is 4.79 Å². The number of aryl methyl sites for hydroxylation is 1. The maximum Gasteiger partial charge on any atom is 0.176 e. The Balaban J connectivity index is 2.58. The Morgan fingerprint density at radius 2 is 2.07 bits per heavy atom. The van der Waals surface area contributed by atoms with Crippen LogP contribution in [0.3, 0.4) is 0 Å². The molecule has 0 fully saturated rings. The van der Waals surface area contributed by atoms with Gasteiger partial charge in [-0.05, 0) is 25.8 Å². The zero-order valence-electron chi connectivity index (χ0n) is 9.71. The number of hydrogen-bond donors (Lipinski definition) is 1. The molecule has 0 bridgehead atoms. The standard InChI is InChI=1S/C13H19NO/c1-4-11(3)14-9-13(15)12-8-6-5-7-10(12)2/h5-8,11,14H,4,9H2,1-3H3. The molecule has 1 aromatic rings. The van der Waals surface area contributed by atoms with Crippen molar-refractivity contribution in [3.63, 3.8) is 0 Å². The zero-order chi connectivity index (χ0) is 11.3. The highest BCUT2D eigenvalue weighted by Gasteiger charge is 2.08. The molecule has 0 aliphatic rings. The van der Waals surface area contributed by atoms with Crippen molar-refractivity contribution in [2.24, 2.45) is 0 Å². The largest absolute Gasteiger partial charge is 0.307 e. The molecule has 1 aromatic carbocycles. The van der Waals surface area contributed by atoms with Crippen molar-refractivity contribution in [2.45, 2.75) is 33.2 Å². The number of hydrogen-bond acceptors (Lipinski definition) is 2. The lowest BCUT2D eigenvalue weighted by Gasteiger charge is -2.11. The molecule has 0 aliphatic heterocycles. The highest BCUT2D eigenvalue weighted by molar-refractivity contribution is 5.98. The lowest BCUT2D eigenvalue weighted by Crippen LogP contribution is -2.31. The molecule has 15 heavy (non-hydrogen) atoms. The summed E-state index contributed by atoms with van der Waals surface area (Å²) < 4.78 is 0. The number of benzene rings is 1. The summed E-state index contributed by atoms with van der Waals surface area (Å²) in [6, 6.07) is 8.11. The molecule has 1 N–H and O–H groups in total. The summed E-state index contributed by atoms with van der Waals surface area (Å²) in [6.45, 7) is 6.59. The average molecular weight is 205 g/mol. The van der Waals surface area contributed by atoms with Gasteiger partial charge in [-0.15, -0.1) is 0 Å². The van der Waals surface area contributed by atoms with Gasteiger partial charge in [0.25, 0.3) is 0 Å². The Hall–Kier alpha value is -1.15. The predicted molar refractivity (Wildman–Crippen MR) is 63.3 cm³/mol. The first-order valence-electron chi connectivity index (χ1n) is 5.47. The quantitative estimate of drug-likeness (QED) is 0.748. The van der Waals surface area contributed by atoms with Gasteiger partial charge in [0.1, 0.15) is 0 Å². The number of carbonyl (C=O) groups is 1. The van der Waals surface area contributed by atoms with Crippen LogP contribution < -0.4 is 5.32 Å². The smallest absolute Gasteiger partial charge is 0.176 e. The molecular weight excluding hydrogens is 186 g/mol. The second-order valence-corrected chi connectivity index (χ2v) is 3.93. The first kappa shape index (κ1) is 11.9. The van der Waals surface area contributed by atoms with Crippen LogP contribution in [0.4, 0.5) is 0 Å². The molecule has 0 aliphatic carbocycles. The summed E-state index contributed by atoms with van der Waals surface area (Å²) in [6.07, 6.45) is 1.04. The first-order valence-corrected chi connectivity index (χ1v) is 5.47. The van der Waals surface area contributed by atoms with Crippen molar-refractivity contribution in [1.29, 1.82) is 0 Å². The van der Waals surface area contributed by atoms with E-state index in [2.05, 4.69) is 19.2 Å². The van der Waals surface area contributed by atoms with Crippen LogP contribution in [0.2, 0.25) is 0 Å². The first-order chi connectivity index (χ1) is 7.15. The lowest BCUT2D eigenvalue weighted by molar-refractivity contribution is 0.0987. The molecule has 0 amide bonds. The third-order valence-electron chi connectivity index (χ3n) is 2.67. The number of Topliss-reactive ketones (excluding diaryl/α,β-unsaturated/α-hetero) is 1. The van der Waals surface area contributed by atoms with Gasteiger partial charge < -0.3 is 5.32 Å². The van der Waals surface area contributed by atoms with E-state index in [9.17, 15) is 4.79 Å². The average Bonchev–Trinajstić information content (AvgIpc) is 2.26. The third kappa shape index (κ3) is 3.48. The van der Waals surface area contributed by atoms with Crippen molar-refractivity contribution in [3.05, 3.63) is 35.4 Å². The summed E-state index contributed by atoms with van der Waals surface area (Å²) in [5.41, 5.74) is 1.88. The normalized spacial score (nSPS) is 12.5. The monoisotopic (exact) mass is 205 g/mol. The maximum absolute atomic E-state index is 11.8. The topological polar surface area (TPSA) is 29.1 Å². The number of nitrogens with one attached hydrogen (secondary N) is 1. The van der Waals surface area contributed by atoms with E-state index in [4.69, 9.17) is 0 Å². The Morgan fingerprint density at radius 3 is 2.67 bits per heavy atom. The summed E-state index contributed by atoms with van der Waals surface area (Å²) in [7, 11) is 0. The Bertz CT molecular complexity index is 333. The molecule has 0 spiro atoms. The van der Waals surface area contributed by atoms with Crippen LogP contribution in [0.15, 0.2) is 24.3 Å². The minimum absolute atomic E-state index is 0.174. The van der Waals surface area contributed by atoms with Crippen molar-refractivity contribution in [2.75, 3.05) is 6.54 Å². The van der Waals surface area contributed by atoms with Gasteiger partial charge in [-0.25, -0.2) is 0 Å². The van der Waals surface area contributed by atoms with E-state index in [-0.39, 0.29) is 5.78 Å². The van der Waals surface area contributed by atoms with Gasteiger partial charge >= 0.3 is 0 Å². The van der Waals surface area contributed by atoms with Gasteiger partial charge in [0.15, 0.2) is 5.78 Å². The Labute approximate surface area is 91.7 Å². The number of rotatable bonds is 5. The van der Waals surface area contributed by atoms with E-state index in [1.807, 2.05) is 31.2 Å². The van der Waals surface area contributed by atoms with E-state index < -0.39 is 0 Å². The van der Waals surface area contributed by atoms with E-state index in [1.165, 1.54) is 0 Å². The molecule has 0 saturated carbocycles. The lowest BCUT2D eigenvalue weighted by atomic mass is 10.0. The van der Waals surface area contributed by atoms with E-state index in [0.717, 1.165) is 17.5 Å². The summed E-state index contributed by atoms with van der Waals surface area (Å²) >= 11 is 0. The number of carbonyl (C=O) groups excluding carboxylic acids is 1. The third-order valence-corrected chi connectivity index (χ3v) is 2.67. The molecule has 1 rings (SSSR count). The molecule has 0 heterocycles. The van der Waals surface area contributed by atoms with Crippen molar-refractivity contribution >= 4 is 5.78 Å². The minimum Gasteiger partial charge on any atom is -0.307 e. The Kier molecular flexibility index (Phi) is 4.50.